The molecule has 1 rings (SSSR count). The van der Waals surface area contributed by atoms with Crippen LogP contribution in [0.15, 0.2) is 6.07 Å². The molecule has 0 saturated heterocycles. The van der Waals surface area contributed by atoms with E-state index in [2.05, 4.69) is 9.84 Å². The van der Waals surface area contributed by atoms with Gasteiger partial charge in [0.25, 0.3) is 6.47 Å². The van der Waals surface area contributed by atoms with Crippen molar-refractivity contribution in [1.29, 1.82) is 0 Å². The molecule has 11 heavy (non-hydrogen) atoms. The van der Waals surface area contributed by atoms with E-state index < -0.39 is 0 Å². The molecule has 0 fully saturated rings. The molecule has 1 aromatic rings. The normalized spacial score (nSPS) is 9.64. The Morgan fingerprint density at radius 1 is 1.82 bits per heavy atom. The fourth-order valence-corrected chi connectivity index (χ4v) is 0.839. The van der Waals surface area contributed by atoms with E-state index in [1.54, 1.807) is 13.1 Å². The fourth-order valence-electron chi connectivity index (χ4n) is 0.839. The molecule has 1 aromatic heterocycles. The van der Waals surface area contributed by atoms with Gasteiger partial charge in [-0.2, -0.15) is 5.10 Å². The van der Waals surface area contributed by atoms with E-state index in [4.69, 9.17) is 0 Å². The van der Waals surface area contributed by atoms with E-state index in [1.165, 1.54) is 4.68 Å². The largest absolute Gasteiger partial charge is 0.410 e. The summed E-state index contributed by atoms with van der Waals surface area (Å²) in [4.78, 5) is 9.96. The number of carbonyl (C=O) groups is 1. The first kappa shape index (κ1) is 7.78. The number of aromatic nitrogens is 2. The molecule has 0 aliphatic rings. The lowest BCUT2D eigenvalue weighted by atomic mass is 10.3. The molecular formula is C7H10N2O2. The minimum atomic E-state index is 0.399. The van der Waals surface area contributed by atoms with Crippen LogP contribution in [0.4, 0.5) is 0 Å². The van der Waals surface area contributed by atoms with Gasteiger partial charge in [0.05, 0.1) is 5.69 Å². The van der Waals surface area contributed by atoms with Gasteiger partial charge < -0.3 is 4.74 Å². The van der Waals surface area contributed by atoms with Crippen LogP contribution in [0.25, 0.3) is 0 Å². The van der Waals surface area contributed by atoms with Crippen LogP contribution in [0.3, 0.4) is 0 Å². The van der Waals surface area contributed by atoms with Crippen LogP contribution >= 0.6 is 0 Å². The third-order valence-corrected chi connectivity index (χ3v) is 1.42. The Bertz CT molecular complexity index is 255. The van der Waals surface area contributed by atoms with Gasteiger partial charge in [-0.15, -0.1) is 0 Å². The van der Waals surface area contributed by atoms with Gasteiger partial charge >= 0.3 is 0 Å². The minimum absolute atomic E-state index is 0.399. The number of nitrogens with zero attached hydrogens (tertiary/aromatic N) is 2. The zero-order valence-corrected chi connectivity index (χ0v) is 6.57. The van der Waals surface area contributed by atoms with Crippen LogP contribution in [0.5, 0.6) is 5.88 Å². The second-order valence-electron chi connectivity index (χ2n) is 2.17. The molecule has 0 radical (unpaired) electrons. The molecule has 0 atom stereocenters. The summed E-state index contributed by atoms with van der Waals surface area (Å²) in [7, 11) is 1.73. The highest BCUT2D eigenvalue weighted by atomic mass is 16.5. The van der Waals surface area contributed by atoms with Crippen LogP contribution in [0.2, 0.25) is 0 Å². The van der Waals surface area contributed by atoms with E-state index in [0.717, 1.165) is 12.1 Å². The maximum absolute atomic E-state index is 9.96. The van der Waals surface area contributed by atoms with Gasteiger partial charge in [-0.3, -0.25) is 4.79 Å². The smallest absolute Gasteiger partial charge is 0.299 e. The SMILES string of the molecule is CCc1cc(OC=O)n(C)n1. The molecule has 0 bridgehead atoms. The number of rotatable bonds is 3. The molecule has 60 valence electrons. The van der Waals surface area contributed by atoms with Gasteiger partial charge in [-0.05, 0) is 6.42 Å². The average Bonchev–Trinajstić information content (AvgIpc) is 2.33. The highest BCUT2D eigenvalue weighted by Gasteiger charge is 2.02. The molecule has 4 nitrogen and oxygen atoms in total. The monoisotopic (exact) mass is 154 g/mol. The van der Waals surface area contributed by atoms with Crippen molar-refractivity contribution in [2.24, 2.45) is 7.05 Å². The summed E-state index contributed by atoms with van der Waals surface area (Å²) < 4.78 is 6.17. The van der Waals surface area contributed by atoms with Crippen molar-refractivity contribution >= 4 is 6.47 Å². The van der Waals surface area contributed by atoms with E-state index in [0.29, 0.717) is 12.4 Å². The second kappa shape index (κ2) is 3.18. The predicted molar refractivity (Wildman–Crippen MR) is 39.3 cm³/mol. The van der Waals surface area contributed by atoms with E-state index in [-0.39, 0.29) is 0 Å². The first-order chi connectivity index (χ1) is 5.27. The zero-order valence-electron chi connectivity index (χ0n) is 6.57. The topological polar surface area (TPSA) is 44.1 Å². The van der Waals surface area contributed by atoms with Crippen LogP contribution in [-0.4, -0.2) is 16.3 Å². The minimum Gasteiger partial charge on any atom is -0.410 e. The summed E-state index contributed by atoms with van der Waals surface area (Å²) in [6.07, 6.45) is 0.843. The molecule has 0 saturated carbocycles. The van der Waals surface area contributed by atoms with Gasteiger partial charge in [-0.1, -0.05) is 6.92 Å². The van der Waals surface area contributed by atoms with Crippen molar-refractivity contribution in [2.75, 3.05) is 0 Å². The van der Waals surface area contributed by atoms with Gasteiger partial charge in [0, 0.05) is 13.1 Å². The Labute approximate surface area is 64.8 Å². The summed E-state index contributed by atoms with van der Waals surface area (Å²) >= 11 is 0. The Kier molecular flexibility index (Phi) is 2.25. The molecule has 0 N–H and O–H groups in total. The molecule has 4 heteroatoms. The lowest BCUT2D eigenvalue weighted by Gasteiger charge is -1.93. The van der Waals surface area contributed by atoms with E-state index in [1.807, 2.05) is 6.92 Å². The van der Waals surface area contributed by atoms with E-state index in [9.17, 15) is 4.79 Å². The number of aryl methyl sites for hydroxylation is 2. The Balaban J connectivity index is 2.87. The van der Waals surface area contributed by atoms with Crippen LogP contribution in [0, 0.1) is 0 Å². The molecule has 0 aliphatic heterocycles. The highest BCUT2D eigenvalue weighted by Crippen LogP contribution is 2.10. The number of hydrogen-bond donors (Lipinski definition) is 0. The maximum atomic E-state index is 9.96. The molecule has 0 aliphatic carbocycles. The quantitative estimate of drug-likeness (QED) is 0.596. The third kappa shape index (κ3) is 1.58. The van der Waals surface area contributed by atoms with Crippen LogP contribution in [0.1, 0.15) is 12.6 Å². The summed E-state index contributed by atoms with van der Waals surface area (Å²) in [6, 6.07) is 1.74. The third-order valence-electron chi connectivity index (χ3n) is 1.42. The Morgan fingerprint density at radius 3 is 3.00 bits per heavy atom. The van der Waals surface area contributed by atoms with Crippen molar-refractivity contribution in [3.63, 3.8) is 0 Å². The van der Waals surface area contributed by atoms with Gasteiger partial charge in [-0.25, -0.2) is 4.68 Å². The zero-order chi connectivity index (χ0) is 8.27. The van der Waals surface area contributed by atoms with Crippen molar-refractivity contribution in [3.05, 3.63) is 11.8 Å². The van der Waals surface area contributed by atoms with Crippen molar-refractivity contribution in [3.8, 4) is 5.88 Å². The molecule has 0 amide bonds. The summed E-state index contributed by atoms with van der Waals surface area (Å²) in [5.74, 6) is 0.483. The number of carbonyl (C=O) groups excluding carboxylic acids is 1. The molecular weight excluding hydrogens is 144 g/mol. The first-order valence-electron chi connectivity index (χ1n) is 3.41. The number of ether oxygens (including phenoxy) is 1. The Morgan fingerprint density at radius 2 is 2.55 bits per heavy atom. The Hall–Kier alpha value is -1.32. The highest BCUT2D eigenvalue weighted by molar-refractivity contribution is 5.43. The first-order valence-corrected chi connectivity index (χ1v) is 3.41. The summed E-state index contributed by atoms with van der Waals surface area (Å²) in [6.45, 7) is 2.39. The lowest BCUT2D eigenvalue weighted by molar-refractivity contribution is -0.121. The standard InChI is InChI=1S/C7H10N2O2/c1-3-6-4-7(11-5-10)9(2)8-6/h4-5H,3H2,1-2H3. The fraction of sp³-hybridized carbons (Fsp3) is 0.429. The van der Waals surface area contributed by atoms with Crippen molar-refractivity contribution in [2.45, 2.75) is 13.3 Å². The van der Waals surface area contributed by atoms with Crippen molar-refractivity contribution < 1.29 is 9.53 Å². The number of hydrogen-bond acceptors (Lipinski definition) is 3. The molecule has 1 heterocycles. The molecule has 0 aromatic carbocycles. The second-order valence-corrected chi connectivity index (χ2v) is 2.17. The summed E-state index contributed by atoms with van der Waals surface area (Å²) in [5.41, 5.74) is 0.921. The maximum Gasteiger partial charge on any atom is 0.299 e. The van der Waals surface area contributed by atoms with Crippen LogP contribution in [-0.2, 0) is 18.3 Å². The van der Waals surface area contributed by atoms with Gasteiger partial charge in [0.2, 0.25) is 5.88 Å². The van der Waals surface area contributed by atoms with Gasteiger partial charge in [0.15, 0.2) is 0 Å². The summed E-state index contributed by atoms with van der Waals surface area (Å²) in [5, 5.41) is 4.08. The average molecular weight is 154 g/mol. The van der Waals surface area contributed by atoms with Crippen molar-refractivity contribution in [1.82, 2.24) is 9.78 Å². The lowest BCUT2D eigenvalue weighted by Crippen LogP contribution is -1.97. The molecule has 0 unspecified atom stereocenters. The molecule has 0 spiro atoms. The van der Waals surface area contributed by atoms with Crippen LogP contribution < -0.4 is 4.74 Å². The van der Waals surface area contributed by atoms with Gasteiger partial charge in [0.1, 0.15) is 0 Å². The predicted octanol–water partition coefficient (Wildman–Crippen LogP) is 0.518. The van der Waals surface area contributed by atoms with E-state index >= 15 is 0 Å².